The minimum atomic E-state index is 0.236. The van der Waals surface area contributed by atoms with Crippen molar-refractivity contribution < 1.29 is 4.74 Å². The lowest BCUT2D eigenvalue weighted by molar-refractivity contribution is 0.318. The molecule has 0 aliphatic heterocycles. The van der Waals surface area contributed by atoms with E-state index in [0.29, 0.717) is 0 Å². The second-order valence-electron chi connectivity index (χ2n) is 4.40. The van der Waals surface area contributed by atoms with Crippen LogP contribution in [0.3, 0.4) is 0 Å². The first-order valence-electron chi connectivity index (χ1n) is 6.40. The van der Waals surface area contributed by atoms with Gasteiger partial charge in [0.2, 0.25) is 0 Å². The lowest BCUT2D eigenvalue weighted by Gasteiger charge is -2.09. The molecule has 1 aromatic rings. The molecule has 0 amide bonds. The zero-order chi connectivity index (χ0) is 12.1. The maximum atomic E-state index is 6.01. The molecule has 0 saturated heterocycles. The number of hydrogen-bond acceptors (Lipinski definition) is 3. The molecule has 0 radical (unpaired) electrons. The van der Waals surface area contributed by atoms with Crippen molar-refractivity contribution in [3.8, 4) is 5.75 Å². The lowest BCUT2D eigenvalue weighted by atomic mass is 10.1. The van der Waals surface area contributed by atoms with Gasteiger partial charge in [0.05, 0.1) is 6.61 Å². The van der Waals surface area contributed by atoms with Crippen molar-refractivity contribution >= 4 is 11.8 Å². The molecule has 0 heterocycles. The highest BCUT2D eigenvalue weighted by Crippen LogP contribution is 2.31. The first-order chi connectivity index (χ1) is 8.31. The molecule has 2 rings (SSSR count). The Morgan fingerprint density at radius 3 is 3.18 bits per heavy atom. The quantitative estimate of drug-likeness (QED) is 0.789. The van der Waals surface area contributed by atoms with Gasteiger partial charge in [0.25, 0.3) is 0 Å². The fourth-order valence-electron chi connectivity index (χ4n) is 2.21. The molecule has 17 heavy (non-hydrogen) atoms. The van der Waals surface area contributed by atoms with E-state index in [9.17, 15) is 0 Å². The van der Waals surface area contributed by atoms with Crippen LogP contribution in [0.4, 0.5) is 0 Å². The smallest absolute Gasteiger partial charge is 0.119 e. The SMILES string of the molecule is CCSCCCOc1ccc2c(c1)CC[C@H]2N. The number of thioether (sulfide) groups is 1. The van der Waals surface area contributed by atoms with Gasteiger partial charge in [0, 0.05) is 6.04 Å². The summed E-state index contributed by atoms with van der Waals surface area (Å²) in [5.74, 6) is 3.38. The van der Waals surface area contributed by atoms with Crippen molar-refractivity contribution in [2.45, 2.75) is 32.2 Å². The van der Waals surface area contributed by atoms with E-state index in [0.717, 1.165) is 31.6 Å². The topological polar surface area (TPSA) is 35.2 Å². The fraction of sp³-hybridized carbons (Fsp3) is 0.571. The summed E-state index contributed by atoms with van der Waals surface area (Å²) in [6.07, 6.45) is 3.29. The summed E-state index contributed by atoms with van der Waals surface area (Å²) in [7, 11) is 0. The normalized spacial score (nSPS) is 18.1. The van der Waals surface area contributed by atoms with E-state index in [4.69, 9.17) is 10.5 Å². The number of hydrogen-bond donors (Lipinski definition) is 1. The third kappa shape index (κ3) is 3.39. The number of rotatable bonds is 6. The van der Waals surface area contributed by atoms with Crippen LogP contribution in [0, 0.1) is 0 Å². The van der Waals surface area contributed by atoms with Crippen LogP contribution >= 0.6 is 11.8 Å². The van der Waals surface area contributed by atoms with Crippen LogP contribution < -0.4 is 10.5 Å². The molecule has 94 valence electrons. The molecule has 0 unspecified atom stereocenters. The Morgan fingerprint density at radius 1 is 1.47 bits per heavy atom. The van der Waals surface area contributed by atoms with Gasteiger partial charge < -0.3 is 10.5 Å². The summed E-state index contributed by atoms with van der Waals surface area (Å²) in [4.78, 5) is 0. The monoisotopic (exact) mass is 251 g/mol. The highest BCUT2D eigenvalue weighted by Gasteiger charge is 2.18. The number of fused-ring (bicyclic) bond motifs is 1. The van der Waals surface area contributed by atoms with Gasteiger partial charge in [-0.1, -0.05) is 13.0 Å². The van der Waals surface area contributed by atoms with Gasteiger partial charge >= 0.3 is 0 Å². The molecule has 0 spiro atoms. The molecular formula is C14H21NOS. The average Bonchev–Trinajstić information content (AvgIpc) is 2.71. The average molecular weight is 251 g/mol. The van der Waals surface area contributed by atoms with Crippen molar-refractivity contribution in [3.05, 3.63) is 29.3 Å². The molecule has 2 N–H and O–H groups in total. The Bertz CT molecular complexity index is 367. The second-order valence-corrected chi connectivity index (χ2v) is 5.80. The van der Waals surface area contributed by atoms with Gasteiger partial charge in [-0.05, 0) is 54.0 Å². The van der Waals surface area contributed by atoms with Crippen molar-refractivity contribution in [1.29, 1.82) is 0 Å². The van der Waals surface area contributed by atoms with Crippen LogP contribution in [-0.2, 0) is 6.42 Å². The third-order valence-corrected chi connectivity index (χ3v) is 4.13. The Hall–Kier alpha value is -0.670. The minimum Gasteiger partial charge on any atom is -0.494 e. The van der Waals surface area contributed by atoms with Gasteiger partial charge in [0.1, 0.15) is 5.75 Å². The largest absolute Gasteiger partial charge is 0.494 e. The Kier molecular flexibility index (Phi) is 4.75. The summed E-state index contributed by atoms with van der Waals surface area (Å²) < 4.78 is 5.76. The first-order valence-corrected chi connectivity index (χ1v) is 7.55. The maximum absolute atomic E-state index is 6.01. The van der Waals surface area contributed by atoms with E-state index in [1.165, 1.54) is 22.6 Å². The molecule has 2 nitrogen and oxygen atoms in total. The van der Waals surface area contributed by atoms with Crippen molar-refractivity contribution in [1.82, 2.24) is 0 Å². The molecule has 0 saturated carbocycles. The van der Waals surface area contributed by atoms with Crippen molar-refractivity contribution in [3.63, 3.8) is 0 Å². The van der Waals surface area contributed by atoms with E-state index in [1.54, 1.807) is 0 Å². The van der Waals surface area contributed by atoms with Gasteiger partial charge in [-0.25, -0.2) is 0 Å². The van der Waals surface area contributed by atoms with Crippen LogP contribution in [0.25, 0.3) is 0 Å². The number of nitrogens with two attached hydrogens (primary N) is 1. The molecule has 3 heteroatoms. The first kappa shape index (κ1) is 12.8. The van der Waals surface area contributed by atoms with Gasteiger partial charge in [-0.3, -0.25) is 0 Å². The molecular weight excluding hydrogens is 230 g/mol. The lowest BCUT2D eigenvalue weighted by Crippen LogP contribution is -2.05. The Balaban J connectivity index is 1.82. The molecule has 0 fully saturated rings. The Labute approximate surface area is 108 Å². The number of aryl methyl sites for hydroxylation is 1. The van der Waals surface area contributed by atoms with E-state index in [2.05, 4.69) is 25.1 Å². The molecule has 1 atom stereocenters. The molecule has 0 bridgehead atoms. The van der Waals surface area contributed by atoms with Crippen LogP contribution in [0.2, 0.25) is 0 Å². The molecule has 1 aromatic carbocycles. The maximum Gasteiger partial charge on any atom is 0.119 e. The fourth-order valence-corrected chi connectivity index (χ4v) is 2.82. The van der Waals surface area contributed by atoms with Gasteiger partial charge in [-0.2, -0.15) is 11.8 Å². The zero-order valence-electron chi connectivity index (χ0n) is 10.4. The molecule has 1 aliphatic carbocycles. The summed E-state index contributed by atoms with van der Waals surface area (Å²) in [5.41, 5.74) is 8.69. The third-order valence-electron chi connectivity index (χ3n) is 3.14. The minimum absolute atomic E-state index is 0.236. The highest BCUT2D eigenvalue weighted by atomic mass is 32.2. The standard InChI is InChI=1S/C14H21NOS/c1-2-17-9-3-8-16-12-5-6-13-11(10-12)4-7-14(13)15/h5-6,10,14H,2-4,7-9,15H2,1H3/t14-/m1/s1. The van der Waals surface area contributed by atoms with E-state index >= 15 is 0 Å². The van der Waals surface area contributed by atoms with Crippen molar-refractivity contribution in [2.24, 2.45) is 5.73 Å². The summed E-state index contributed by atoms with van der Waals surface area (Å²) in [5, 5.41) is 0. The van der Waals surface area contributed by atoms with Crippen LogP contribution in [-0.4, -0.2) is 18.1 Å². The van der Waals surface area contributed by atoms with Crippen LogP contribution in [0.1, 0.15) is 36.9 Å². The van der Waals surface area contributed by atoms with Crippen LogP contribution in [0.15, 0.2) is 18.2 Å². The highest BCUT2D eigenvalue weighted by molar-refractivity contribution is 7.99. The predicted molar refractivity (Wildman–Crippen MR) is 74.8 cm³/mol. The van der Waals surface area contributed by atoms with Crippen LogP contribution in [0.5, 0.6) is 5.75 Å². The van der Waals surface area contributed by atoms with E-state index in [-0.39, 0.29) is 6.04 Å². The van der Waals surface area contributed by atoms with E-state index in [1.807, 2.05) is 11.8 Å². The zero-order valence-corrected chi connectivity index (χ0v) is 11.3. The molecule has 1 aliphatic rings. The number of ether oxygens (including phenoxy) is 1. The second kappa shape index (κ2) is 6.31. The molecule has 0 aromatic heterocycles. The van der Waals surface area contributed by atoms with Crippen molar-refractivity contribution in [2.75, 3.05) is 18.1 Å². The summed E-state index contributed by atoms with van der Waals surface area (Å²) in [6, 6.07) is 6.58. The van der Waals surface area contributed by atoms with Gasteiger partial charge in [-0.15, -0.1) is 0 Å². The van der Waals surface area contributed by atoms with E-state index < -0.39 is 0 Å². The summed E-state index contributed by atoms with van der Waals surface area (Å²) in [6.45, 7) is 3.01. The number of benzene rings is 1. The summed E-state index contributed by atoms with van der Waals surface area (Å²) >= 11 is 1.97. The Morgan fingerprint density at radius 2 is 2.35 bits per heavy atom. The van der Waals surface area contributed by atoms with Gasteiger partial charge in [0.15, 0.2) is 0 Å². The predicted octanol–water partition coefficient (Wildman–Crippen LogP) is 3.15.